The summed E-state index contributed by atoms with van der Waals surface area (Å²) >= 11 is 12.2. The highest BCUT2D eigenvalue weighted by Crippen LogP contribution is 2.41. The monoisotopic (exact) mass is 443 g/mol. The van der Waals surface area contributed by atoms with Crippen molar-refractivity contribution in [2.24, 2.45) is 0 Å². The predicted octanol–water partition coefficient (Wildman–Crippen LogP) is 4.39. The Hall–Kier alpha value is -2.45. The molecule has 2 aliphatic heterocycles. The van der Waals surface area contributed by atoms with E-state index in [-0.39, 0.29) is 30.1 Å². The molecule has 2 amide bonds. The van der Waals surface area contributed by atoms with Crippen LogP contribution in [0.3, 0.4) is 0 Å². The summed E-state index contributed by atoms with van der Waals surface area (Å²) in [4.78, 5) is 14.3. The van der Waals surface area contributed by atoms with Crippen LogP contribution < -0.4 is 25.0 Å². The Morgan fingerprint density at radius 1 is 1.17 bits per heavy atom. The number of hydrogen-bond acceptors (Lipinski definition) is 4. The number of anilines is 1. The van der Waals surface area contributed by atoms with Gasteiger partial charge >= 0.3 is 12.3 Å². The van der Waals surface area contributed by atoms with Crippen molar-refractivity contribution in [2.75, 3.05) is 18.0 Å². The molecule has 0 aliphatic carbocycles. The summed E-state index contributed by atoms with van der Waals surface area (Å²) in [6, 6.07) is 9.32. The Bertz CT molecular complexity index is 945. The number of amides is 2. The van der Waals surface area contributed by atoms with E-state index in [2.05, 4.69) is 25.0 Å². The molecule has 0 bridgehead atoms. The molecule has 1 fully saturated rings. The van der Waals surface area contributed by atoms with Gasteiger partial charge in [-0.05, 0) is 42.3 Å². The van der Waals surface area contributed by atoms with E-state index < -0.39 is 6.29 Å². The first-order chi connectivity index (χ1) is 13.8. The molecule has 2 aromatic carbocycles. The van der Waals surface area contributed by atoms with Crippen molar-refractivity contribution in [3.8, 4) is 11.5 Å². The average molecular weight is 444 g/mol. The Balaban J connectivity index is 1.28. The minimum Gasteiger partial charge on any atom is -0.395 e. The number of carbonyl (C=O) groups is 1. The number of urea groups is 1. The Labute approximate surface area is 175 Å². The second-order valence-electron chi connectivity index (χ2n) is 6.80. The molecule has 6 nitrogen and oxygen atoms in total. The molecule has 4 rings (SSSR count). The van der Waals surface area contributed by atoms with E-state index >= 15 is 0 Å². The standard InChI is InChI=1S/C19H17Cl2F2N3O3/c20-12-2-3-15(14(21)8-12)26-6-5-13(10-26)25-18(27)24-9-11-1-4-16-17(7-11)29-19(22,23)28-16/h1-4,7-8,13H,5-6,9-10H2,(H2,24,25,27). The van der Waals surface area contributed by atoms with Crippen LogP contribution >= 0.6 is 23.2 Å². The maximum absolute atomic E-state index is 13.1. The molecule has 1 saturated heterocycles. The van der Waals surface area contributed by atoms with Gasteiger partial charge in [0.1, 0.15) is 0 Å². The number of nitrogens with one attached hydrogen (secondary N) is 2. The highest BCUT2D eigenvalue weighted by molar-refractivity contribution is 6.36. The number of nitrogens with zero attached hydrogens (tertiary/aromatic N) is 1. The van der Waals surface area contributed by atoms with Crippen molar-refractivity contribution in [1.29, 1.82) is 0 Å². The quantitative estimate of drug-likeness (QED) is 0.735. The lowest BCUT2D eigenvalue weighted by Crippen LogP contribution is -2.43. The minimum absolute atomic E-state index is 0.0323. The third kappa shape index (κ3) is 4.59. The maximum Gasteiger partial charge on any atom is 0.586 e. The van der Waals surface area contributed by atoms with E-state index in [1.54, 1.807) is 18.2 Å². The second kappa shape index (κ2) is 7.76. The summed E-state index contributed by atoms with van der Waals surface area (Å²) in [6.45, 7) is 1.53. The number of rotatable bonds is 4. The summed E-state index contributed by atoms with van der Waals surface area (Å²) in [5, 5.41) is 6.76. The Morgan fingerprint density at radius 3 is 2.76 bits per heavy atom. The molecule has 0 spiro atoms. The zero-order valence-corrected chi connectivity index (χ0v) is 16.6. The van der Waals surface area contributed by atoms with Crippen LogP contribution in [0.1, 0.15) is 12.0 Å². The largest absolute Gasteiger partial charge is 0.586 e. The molecule has 0 aromatic heterocycles. The van der Waals surface area contributed by atoms with Gasteiger partial charge in [0.15, 0.2) is 11.5 Å². The van der Waals surface area contributed by atoms with Crippen LogP contribution in [0, 0.1) is 0 Å². The third-order valence-electron chi connectivity index (χ3n) is 4.69. The molecule has 0 saturated carbocycles. The van der Waals surface area contributed by atoms with Gasteiger partial charge in [0, 0.05) is 30.7 Å². The lowest BCUT2D eigenvalue weighted by Gasteiger charge is -2.20. The van der Waals surface area contributed by atoms with E-state index in [0.717, 1.165) is 18.7 Å². The SMILES string of the molecule is O=C(NCc1ccc2c(c1)OC(F)(F)O2)NC1CCN(c2ccc(Cl)cc2Cl)C1. The molecule has 0 radical (unpaired) electrons. The highest BCUT2D eigenvalue weighted by Gasteiger charge is 2.43. The summed E-state index contributed by atoms with van der Waals surface area (Å²) in [6.07, 6.45) is -2.89. The van der Waals surface area contributed by atoms with E-state index in [4.69, 9.17) is 23.2 Å². The molecule has 10 heteroatoms. The van der Waals surface area contributed by atoms with Crippen LogP contribution in [0.2, 0.25) is 10.0 Å². The van der Waals surface area contributed by atoms with E-state index in [9.17, 15) is 13.6 Å². The van der Waals surface area contributed by atoms with E-state index in [1.807, 2.05) is 6.07 Å². The second-order valence-corrected chi connectivity index (χ2v) is 7.65. The van der Waals surface area contributed by atoms with E-state index in [0.29, 0.717) is 22.2 Å². The van der Waals surface area contributed by atoms with Gasteiger partial charge in [-0.15, -0.1) is 8.78 Å². The zero-order valence-electron chi connectivity index (χ0n) is 15.1. The first kappa shape index (κ1) is 19.8. The number of halogens is 4. The maximum atomic E-state index is 13.1. The van der Waals surface area contributed by atoms with Crippen LogP contribution in [0.4, 0.5) is 19.3 Å². The van der Waals surface area contributed by atoms with Gasteiger partial charge in [0.2, 0.25) is 0 Å². The first-order valence-electron chi connectivity index (χ1n) is 8.92. The number of alkyl halides is 2. The Kier molecular flexibility index (Phi) is 5.31. The summed E-state index contributed by atoms with van der Waals surface area (Å²) in [5.74, 6) is -0.0869. The lowest BCUT2D eigenvalue weighted by molar-refractivity contribution is -0.286. The predicted molar refractivity (Wildman–Crippen MR) is 105 cm³/mol. The minimum atomic E-state index is -3.66. The highest BCUT2D eigenvalue weighted by atomic mass is 35.5. The van der Waals surface area contributed by atoms with Gasteiger partial charge < -0.3 is 25.0 Å². The zero-order chi connectivity index (χ0) is 20.6. The molecule has 1 unspecified atom stereocenters. The number of benzene rings is 2. The number of fused-ring (bicyclic) bond motifs is 1. The van der Waals surface area contributed by atoms with Crippen molar-refractivity contribution in [3.63, 3.8) is 0 Å². The van der Waals surface area contributed by atoms with Gasteiger partial charge in [-0.3, -0.25) is 0 Å². The van der Waals surface area contributed by atoms with Crippen molar-refractivity contribution in [2.45, 2.75) is 25.3 Å². The molecule has 154 valence electrons. The molecule has 29 heavy (non-hydrogen) atoms. The summed E-state index contributed by atoms with van der Waals surface area (Å²) < 4.78 is 34.9. The molecule has 2 aromatic rings. The van der Waals surface area contributed by atoms with Gasteiger partial charge in [-0.25, -0.2) is 4.79 Å². The molecule has 2 N–H and O–H groups in total. The van der Waals surface area contributed by atoms with Crippen molar-refractivity contribution in [3.05, 3.63) is 52.0 Å². The molecular formula is C19H17Cl2F2N3O3. The van der Waals surface area contributed by atoms with Gasteiger partial charge in [-0.2, -0.15) is 0 Å². The normalized spacial score (nSPS) is 19.3. The van der Waals surface area contributed by atoms with Crippen LogP contribution in [0.15, 0.2) is 36.4 Å². The molecule has 2 aliphatic rings. The third-order valence-corrected chi connectivity index (χ3v) is 5.23. The first-order valence-corrected chi connectivity index (χ1v) is 9.68. The molecular weight excluding hydrogens is 427 g/mol. The number of hydrogen-bond donors (Lipinski definition) is 2. The van der Waals surface area contributed by atoms with Gasteiger partial charge in [0.25, 0.3) is 0 Å². The van der Waals surface area contributed by atoms with Crippen LogP contribution in [0.25, 0.3) is 0 Å². The number of carbonyl (C=O) groups excluding carboxylic acids is 1. The molecule has 2 heterocycles. The lowest BCUT2D eigenvalue weighted by atomic mass is 10.2. The van der Waals surface area contributed by atoms with Crippen molar-refractivity contribution < 1.29 is 23.0 Å². The van der Waals surface area contributed by atoms with Crippen LogP contribution in [0.5, 0.6) is 11.5 Å². The Morgan fingerprint density at radius 2 is 1.97 bits per heavy atom. The van der Waals surface area contributed by atoms with E-state index in [1.165, 1.54) is 12.1 Å². The van der Waals surface area contributed by atoms with Gasteiger partial charge in [0.05, 0.1) is 10.7 Å². The fourth-order valence-corrected chi connectivity index (χ4v) is 3.88. The van der Waals surface area contributed by atoms with Gasteiger partial charge in [-0.1, -0.05) is 29.3 Å². The van der Waals surface area contributed by atoms with Crippen molar-refractivity contribution >= 4 is 34.9 Å². The summed E-state index contributed by atoms with van der Waals surface area (Å²) in [5.41, 5.74) is 1.49. The van der Waals surface area contributed by atoms with Crippen molar-refractivity contribution in [1.82, 2.24) is 10.6 Å². The average Bonchev–Trinajstić information content (AvgIpc) is 3.21. The smallest absolute Gasteiger partial charge is 0.395 e. The number of ether oxygens (including phenoxy) is 2. The van der Waals surface area contributed by atoms with Crippen LogP contribution in [-0.2, 0) is 6.54 Å². The molecule has 1 atom stereocenters. The topological polar surface area (TPSA) is 62.8 Å². The van der Waals surface area contributed by atoms with Crippen LogP contribution in [-0.4, -0.2) is 31.5 Å². The summed E-state index contributed by atoms with van der Waals surface area (Å²) in [7, 11) is 0. The fraction of sp³-hybridized carbons (Fsp3) is 0.316. The fourth-order valence-electron chi connectivity index (χ4n) is 3.36.